The first-order valence-corrected chi connectivity index (χ1v) is 8.56. The van der Waals surface area contributed by atoms with E-state index in [-0.39, 0.29) is 11.7 Å². The van der Waals surface area contributed by atoms with E-state index in [1.165, 1.54) is 6.07 Å². The fourth-order valence-corrected chi connectivity index (χ4v) is 3.23. The molecule has 0 aliphatic carbocycles. The second-order valence-corrected chi connectivity index (χ2v) is 6.48. The van der Waals surface area contributed by atoms with Crippen molar-refractivity contribution in [3.8, 4) is 5.69 Å². The molecular weight excluding hydrogens is 359 g/mol. The number of rotatable bonds is 4. The predicted molar refractivity (Wildman–Crippen MR) is 103 cm³/mol. The van der Waals surface area contributed by atoms with Gasteiger partial charge < -0.3 is 20.3 Å². The number of amidine groups is 1. The zero-order valence-corrected chi connectivity index (χ0v) is 14.6. The first kappa shape index (κ1) is 16.2. The van der Waals surface area contributed by atoms with Gasteiger partial charge in [0, 0.05) is 24.0 Å². The highest BCUT2D eigenvalue weighted by Gasteiger charge is 2.12. The molecule has 0 spiro atoms. The lowest BCUT2D eigenvalue weighted by molar-refractivity contribution is 0.620. The lowest BCUT2D eigenvalue weighted by atomic mass is 10.2. The topological polar surface area (TPSA) is 125 Å². The summed E-state index contributed by atoms with van der Waals surface area (Å²) in [5.74, 6) is 1.03. The number of nitrogen functional groups attached to an aromatic ring is 1. The standard InChI is InChI=1S/C19H15FN8/c20-11-6-14-15(7-16(11)28-4-3-23-9-28)27-18(26-14)8-17-24-12-2-1-10(19(21)22)5-13(12)25-17/h1-7,9H,8H2,(H3,21,22)(H,24,25)(H,26,27). The Morgan fingerprint density at radius 2 is 1.82 bits per heavy atom. The molecule has 0 bridgehead atoms. The molecule has 3 heterocycles. The van der Waals surface area contributed by atoms with Crippen molar-refractivity contribution < 1.29 is 4.39 Å². The Balaban J connectivity index is 1.49. The van der Waals surface area contributed by atoms with Gasteiger partial charge in [-0.05, 0) is 24.3 Å². The van der Waals surface area contributed by atoms with Crippen LogP contribution in [0.15, 0.2) is 49.1 Å². The lowest BCUT2D eigenvalue weighted by Crippen LogP contribution is -2.10. The minimum Gasteiger partial charge on any atom is -0.384 e. The maximum atomic E-state index is 14.4. The third-order valence-corrected chi connectivity index (χ3v) is 4.56. The Hall–Kier alpha value is -4.01. The van der Waals surface area contributed by atoms with E-state index in [2.05, 4.69) is 24.9 Å². The molecule has 5 aromatic rings. The molecule has 8 nitrogen and oxygen atoms in total. The van der Waals surface area contributed by atoms with Gasteiger partial charge in [0.15, 0.2) is 0 Å². The van der Waals surface area contributed by atoms with E-state index in [0.29, 0.717) is 40.4 Å². The third-order valence-electron chi connectivity index (χ3n) is 4.56. The maximum Gasteiger partial charge on any atom is 0.149 e. The molecule has 0 aliphatic heterocycles. The summed E-state index contributed by atoms with van der Waals surface area (Å²) in [6.07, 6.45) is 5.25. The number of nitrogens with zero attached hydrogens (tertiary/aromatic N) is 4. The molecule has 28 heavy (non-hydrogen) atoms. The molecule has 3 aromatic heterocycles. The van der Waals surface area contributed by atoms with Crippen molar-refractivity contribution in [1.82, 2.24) is 29.5 Å². The quantitative estimate of drug-likeness (QED) is 0.285. The van der Waals surface area contributed by atoms with Gasteiger partial charge in [-0.1, -0.05) is 0 Å². The second kappa shape index (κ2) is 6.02. The van der Waals surface area contributed by atoms with Gasteiger partial charge in [-0.2, -0.15) is 0 Å². The molecule has 9 heteroatoms. The van der Waals surface area contributed by atoms with Gasteiger partial charge in [0.25, 0.3) is 0 Å². The van der Waals surface area contributed by atoms with Gasteiger partial charge in [-0.25, -0.2) is 19.3 Å². The SMILES string of the molecule is N=C(N)c1ccc2nc(Cc3nc4cc(-n5ccnc5)c(F)cc4[nH]3)[nH]c2c1. The Bertz CT molecular complexity index is 1330. The summed E-state index contributed by atoms with van der Waals surface area (Å²) in [7, 11) is 0. The number of benzene rings is 2. The zero-order valence-electron chi connectivity index (χ0n) is 14.6. The highest BCUT2D eigenvalue weighted by molar-refractivity contribution is 5.97. The molecule has 0 aliphatic rings. The summed E-state index contributed by atoms with van der Waals surface area (Å²) in [4.78, 5) is 19.4. The van der Waals surface area contributed by atoms with Gasteiger partial charge in [0.05, 0.1) is 40.5 Å². The Morgan fingerprint density at radius 3 is 2.54 bits per heavy atom. The molecule has 138 valence electrons. The van der Waals surface area contributed by atoms with E-state index in [9.17, 15) is 4.39 Å². The molecule has 0 saturated heterocycles. The van der Waals surface area contributed by atoms with Gasteiger partial charge in [-0.3, -0.25) is 5.41 Å². The number of halogens is 1. The van der Waals surface area contributed by atoms with E-state index < -0.39 is 0 Å². The average molecular weight is 374 g/mol. The van der Waals surface area contributed by atoms with Gasteiger partial charge >= 0.3 is 0 Å². The number of hydrogen-bond acceptors (Lipinski definition) is 4. The van der Waals surface area contributed by atoms with E-state index in [4.69, 9.17) is 11.1 Å². The van der Waals surface area contributed by atoms with Crippen LogP contribution in [-0.4, -0.2) is 35.3 Å². The second-order valence-electron chi connectivity index (χ2n) is 6.48. The molecule has 0 fully saturated rings. The van der Waals surface area contributed by atoms with Crippen molar-refractivity contribution in [2.24, 2.45) is 5.73 Å². The number of aromatic amines is 2. The predicted octanol–water partition coefficient (Wildman–Crippen LogP) is 2.64. The van der Waals surface area contributed by atoms with Gasteiger partial charge in [-0.15, -0.1) is 0 Å². The van der Waals surface area contributed by atoms with Crippen molar-refractivity contribution >= 4 is 27.9 Å². The minimum absolute atomic E-state index is 0.00561. The van der Waals surface area contributed by atoms with Crippen LogP contribution < -0.4 is 5.73 Å². The average Bonchev–Trinajstić information content (AvgIpc) is 3.39. The molecule has 0 atom stereocenters. The molecule has 2 aromatic carbocycles. The summed E-state index contributed by atoms with van der Waals surface area (Å²) in [5.41, 5.74) is 9.42. The number of H-pyrrole nitrogens is 2. The smallest absolute Gasteiger partial charge is 0.149 e. The van der Waals surface area contributed by atoms with Crippen LogP contribution in [0.2, 0.25) is 0 Å². The van der Waals surface area contributed by atoms with E-state index >= 15 is 0 Å². The van der Waals surface area contributed by atoms with Crippen LogP contribution in [0.3, 0.4) is 0 Å². The third kappa shape index (κ3) is 2.69. The van der Waals surface area contributed by atoms with Crippen molar-refractivity contribution in [3.05, 3.63) is 72.1 Å². The number of fused-ring (bicyclic) bond motifs is 2. The van der Waals surface area contributed by atoms with E-state index in [1.807, 2.05) is 6.07 Å². The van der Waals surface area contributed by atoms with Crippen LogP contribution in [0.25, 0.3) is 27.8 Å². The van der Waals surface area contributed by atoms with Crippen LogP contribution in [0.5, 0.6) is 0 Å². The van der Waals surface area contributed by atoms with Crippen molar-refractivity contribution in [3.63, 3.8) is 0 Å². The van der Waals surface area contributed by atoms with Crippen molar-refractivity contribution in [2.45, 2.75) is 6.42 Å². The van der Waals surface area contributed by atoms with Crippen molar-refractivity contribution in [1.29, 1.82) is 5.41 Å². The number of nitrogens with two attached hydrogens (primary N) is 1. The van der Waals surface area contributed by atoms with Crippen LogP contribution in [0, 0.1) is 11.2 Å². The molecule has 0 unspecified atom stereocenters. The molecule has 5 N–H and O–H groups in total. The van der Waals surface area contributed by atoms with Gasteiger partial charge in [0.2, 0.25) is 0 Å². The summed E-state index contributed by atoms with van der Waals surface area (Å²) in [5, 5.41) is 7.54. The highest BCUT2D eigenvalue weighted by Crippen LogP contribution is 2.22. The Morgan fingerprint density at radius 1 is 1.07 bits per heavy atom. The van der Waals surface area contributed by atoms with Crippen LogP contribution in [0.4, 0.5) is 4.39 Å². The number of nitrogens with one attached hydrogen (secondary N) is 3. The molecule has 0 saturated carbocycles. The Kier molecular flexibility index (Phi) is 3.48. The fraction of sp³-hybridized carbons (Fsp3) is 0.0526. The number of aromatic nitrogens is 6. The zero-order chi connectivity index (χ0) is 19.3. The molecule has 0 radical (unpaired) electrons. The van der Waals surface area contributed by atoms with Crippen molar-refractivity contribution in [2.75, 3.05) is 0 Å². The largest absolute Gasteiger partial charge is 0.384 e. The summed E-state index contributed by atoms with van der Waals surface area (Å²) < 4.78 is 16.0. The minimum atomic E-state index is -0.360. The van der Waals surface area contributed by atoms with Crippen LogP contribution >= 0.6 is 0 Å². The maximum absolute atomic E-state index is 14.4. The summed E-state index contributed by atoms with van der Waals surface area (Å²) in [6, 6.07) is 8.48. The number of imidazole rings is 3. The monoisotopic (exact) mass is 374 g/mol. The lowest BCUT2D eigenvalue weighted by Gasteiger charge is -2.03. The fourth-order valence-electron chi connectivity index (χ4n) is 3.23. The molecule has 0 amide bonds. The molecular formula is C19H15FN8. The summed E-state index contributed by atoms with van der Waals surface area (Å²) >= 11 is 0. The normalized spacial score (nSPS) is 11.5. The van der Waals surface area contributed by atoms with Crippen LogP contribution in [-0.2, 0) is 6.42 Å². The van der Waals surface area contributed by atoms with Crippen LogP contribution in [0.1, 0.15) is 17.2 Å². The summed E-state index contributed by atoms with van der Waals surface area (Å²) in [6.45, 7) is 0. The first-order chi connectivity index (χ1) is 13.6. The van der Waals surface area contributed by atoms with E-state index in [1.54, 1.807) is 41.5 Å². The van der Waals surface area contributed by atoms with Gasteiger partial charge in [0.1, 0.15) is 23.3 Å². The van der Waals surface area contributed by atoms with E-state index in [0.717, 1.165) is 11.0 Å². The first-order valence-electron chi connectivity index (χ1n) is 8.56. The highest BCUT2D eigenvalue weighted by atomic mass is 19.1. The Labute approximate surface area is 157 Å². The molecule has 5 rings (SSSR count). The number of hydrogen-bond donors (Lipinski definition) is 4.